The van der Waals surface area contributed by atoms with Crippen LogP contribution in [0.2, 0.25) is 0 Å². The molecule has 1 rings (SSSR count). The van der Waals surface area contributed by atoms with Crippen molar-refractivity contribution in [2.45, 2.75) is 59.5 Å². The van der Waals surface area contributed by atoms with Crippen molar-refractivity contribution in [1.29, 1.82) is 0 Å². The molecule has 0 radical (unpaired) electrons. The van der Waals surface area contributed by atoms with E-state index in [1.165, 1.54) is 19.4 Å². The molecule has 19 heavy (non-hydrogen) atoms. The number of furan rings is 1. The molecule has 0 aliphatic rings. The number of hydrogen-bond acceptors (Lipinski definition) is 3. The van der Waals surface area contributed by atoms with Crippen LogP contribution in [0, 0.1) is 0 Å². The Kier molecular flexibility index (Phi) is 7.84. The fourth-order valence-electron chi connectivity index (χ4n) is 2.25. The zero-order valence-electron chi connectivity index (χ0n) is 13.0. The zero-order chi connectivity index (χ0) is 14.1. The highest BCUT2D eigenvalue weighted by Crippen LogP contribution is 2.09. The van der Waals surface area contributed by atoms with Crippen LogP contribution in [0.3, 0.4) is 0 Å². The Hall–Kier alpha value is -0.800. The van der Waals surface area contributed by atoms with Crippen LogP contribution in [0.25, 0.3) is 0 Å². The first kappa shape index (κ1) is 16.3. The van der Waals surface area contributed by atoms with Crippen molar-refractivity contribution >= 4 is 0 Å². The topological polar surface area (TPSA) is 28.4 Å². The Morgan fingerprint density at radius 3 is 2.42 bits per heavy atom. The van der Waals surface area contributed by atoms with Gasteiger partial charge in [-0.15, -0.1) is 0 Å². The predicted molar refractivity (Wildman–Crippen MR) is 81.4 cm³/mol. The molecule has 0 aliphatic heterocycles. The van der Waals surface area contributed by atoms with Crippen LogP contribution in [-0.4, -0.2) is 30.6 Å². The minimum absolute atomic E-state index is 0.547. The molecule has 1 aromatic rings. The molecule has 0 bridgehead atoms. The number of aryl methyl sites for hydroxylation is 1. The van der Waals surface area contributed by atoms with Gasteiger partial charge in [0, 0.05) is 12.5 Å². The molecule has 3 nitrogen and oxygen atoms in total. The molecule has 1 aromatic heterocycles. The largest absolute Gasteiger partial charge is 0.465 e. The summed E-state index contributed by atoms with van der Waals surface area (Å²) in [6, 6.07) is 4.70. The molecule has 0 saturated heterocycles. The standard InChI is InChI=1S/C16H30N2O/c1-5-15-10-11-16(19-15)13-17-14(4)9-8-12-18(6-2)7-3/h10-11,14,17H,5-9,12-13H2,1-4H3. The predicted octanol–water partition coefficient (Wildman–Crippen LogP) is 3.44. The normalized spacial score (nSPS) is 13.1. The van der Waals surface area contributed by atoms with Crippen molar-refractivity contribution < 1.29 is 4.42 Å². The third kappa shape index (κ3) is 6.26. The number of nitrogens with one attached hydrogen (secondary N) is 1. The van der Waals surface area contributed by atoms with Crippen LogP contribution in [0.15, 0.2) is 16.5 Å². The number of rotatable bonds is 10. The highest BCUT2D eigenvalue weighted by atomic mass is 16.3. The van der Waals surface area contributed by atoms with E-state index >= 15 is 0 Å². The van der Waals surface area contributed by atoms with Gasteiger partial charge in [0.1, 0.15) is 11.5 Å². The summed E-state index contributed by atoms with van der Waals surface area (Å²) in [6.45, 7) is 13.2. The van der Waals surface area contributed by atoms with Crippen LogP contribution >= 0.6 is 0 Å². The Morgan fingerprint density at radius 1 is 1.16 bits per heavy atom. The summed E-state index contributed by atoms with van der Waals surface area (Å²) in [5, 5.41) is 3.53. The van der Waals surface area contributed by atoms with Crippen molar-refractivity contribution in [2.24, 2.45) is 0 Å². The fourth-order valence-corrected chi connectivity index (χ4v) is 2.25. The third-order valence-electron chi connectivity index (χ3n) is 3.70. The zero-order valence-corrected chi connectivity index (χ0v) is 13.0. The van der Waals surface area contributed by atoms with Gasteiger partial charge in [0.15, 0.2) is 0 Å². The van der Waals surface area contributed by atoms with Crippen molar-refractivity contribution in [1.82, 2.24) is 10.2 Å². The molecule has 110 valence electrons. The molecule has 0 aliphatic carbocycles. The molecule has 1 N–H and O–H groups in total. The Bertz CT molecular complexity index is 331. The van der Waals surface area contributed by atoms with Gasteiger partial charge in [-0.25, -0.2) is 0 Å². The lowest BCUT2D eigenvalue weighted by molar-refractivity contribution is 0.289. The summed E-state index contributed by atoms with van der Waals surface area (Å²) < 4.78 is 5.69. The van der Waals surface area contributed by atoms with Gasteiger partial charge in [-0.1, -0.05) is 20.8 Å². The van der Waals surface area contributed by atoms with E-state index < -0.39 is 0 Å². The van der Waals surface area contributed by atoms with Gasteiger partial charge in [-0.3, -0.25) is 0 Å². The second kappa shape index (κ2) is 9.16. The first-order chi connectivity index (χ1) is 9.19. The summed E-state index contributed by atoms with van der Waals surface area (Å²) >= 11 is 0. The fraction of sp³-hybridized carbons (Fsp3) is 0.750. The molecular formula is C16H30N2O. The van der Waals surface area contributed by atoms with Crippen molar-refractivity contribution in [3.05, 3.63) is 23.7 Å². The molecule has 0 saturated carbocycles. The average Bonchev–Trinajstić information content (AvgIpc) is 2.89. The van der Waals surface area contributed by atoms with E-state index in [2.05, 4.69) is 50.0 Å². The first-order valence-corrected chi connectivity index (χ1v) is 7.72. The molecule has 0 spiro atoms. The minimum atomic E-state index is 0.547. The molecule has 1 atom stereocenters. The second-order valence-corrected chi connectivity index (χ2v) is 5.17. The second-order valence-electron chi connectivity index (χ2n) is 5.17. The van der Waals surface area contributed by atoms with Gasteiger partial charge >= 0.3 is 0 Å². The van der Waals surface area contributed by atoms with Crippen LogP contribution in [0.5, 0.6) is 0 Å². The van der Waals surface area contributed by atoms with Gasteiger partial charge in [0.2, 0.25) is 0 Å². The highest BCUT2D eigenvalue weighted by molar-refractivity contribution is 5.06. The summed E-state index contributed by atoms with van der Waals surface area (Å²) in [5.74, 6) is 2.12. The Labute approximate surface area is 118 Å². The van der Waals surface area contributed by atoms with Crippen molar-refractivity contribution in [3.63, 3.8) is 0 Å². The van der Waals surface area contributed by atoms with E-state index in [0.29, 0.717) is 6.04 Å². The van der Waals surface area contributed by atoms with Gasteiger partial charge in [0.25, 0.3) is 0 Å². The molecule has 0 aromatic carbocycles. The van der Waals surface area contributed by atoms with E-state index in [1.807, 2.05) is 0 Å². The van der Waals surface area contributed by atoms with E-state index in [1.54, 1.807) is 0 Å². The smallest absolute Gasteiger partial charge is 0.117 e. The van der Waals surface area contributed by atoms with E-state index in [-0.39, 0.29) is 0 Å². The van der Waals surface area contributed by atoms with Crippen molar-refractivity contribution in [3.8, 4) is 0 Å². The maximum Gasteiger partial charge on any atom is 0.117 e. The van der Waals surface area contributed by atoms with Crippen LogP contribution in [0.1, 0.15) is 52.1 Å². The molecule has 0 fully saturated rings. The van der Waals surface area contributed by atoms with Crippen LogP contribution in [0.4, 0.5) is 0 Å². The summed E-state index contributed by atoms with van der Waals surface area (Å²) in [5.41, 5.74) is 0. The first-order valence-electron chi connectivity index (χ1n) is 7.72. The highest BCUT2D eigenvalue weighted by Gasteiger charge is 2.05. The molecule has 1 unspecified atom stereocenters. The van der Waals surface area contributed by atoms with Gasteiger partial charge in [-0.2, -0.15) is 0 Å². The summed E-state index contributed by atoms with van der Waals surface area (Å²) in [4.78, 5) is 2.48. The lowest BCUT2D eigenvalue weighted by Crippen LogP contribution is -2.28. The number of nitrogens with zero attached hydrogens (tertiary/aromatic N) is 1. The SMILES string of the molecule is CCc1ccc(CNC(C)CCCN(CC)CC)o1. The van der Waals surface area contributed by atoms with Gasteiger partial charge in [0.05, 0.1) is 6.54 Å². The molecule has 0 amide bonds. The van der Waals surface area contributed by atoms with Crippen molar-refractivity contribution in [2.75, 3.05) is 19.6 Å². The Balaban J connectivity index is 2.15. The summed E-state index contributed by atoms with van der Waals surface area (Å²) in [6.07, 6.45) is 3.45. The summed E-state index contributed by atoms with van der Waals surface area (Å²) in [7, 11) is 0. The average molecular weight is 266 g/mol. The van der Waals surface area contributed by atoms with E-state index in [9.17, 15) is 0 Å². The molecular weight excluding hydrogens is 236 g/mol. The molecule has 1 heterocycles. The Morgan fingerprint density at radius 2 is 1.84 bits per heavy atom. The molecule has 3 heteroatoms. The van der Waals surface area contributed by atoms with Crippen LogP contribution in [-0.2, 0) is 13.0 Å². The third-order valence-corrected chi connectivity index (χ3v) is 3.70. The number of hydrogen-bond donors (Lipinski definition) is 1. The van der Waals surface area contributed by atoms with E-state index in [0.717, 1.165) is 37.6 Å². The quantitative estimate of drug-likeness (QED) is 0.703. The van der Waals surface area contributed by atoms with Gasteiger partial charge in [-0.05, 0) is 51.5 Å². The minimum Gasteiger partial charge on any atom is -0.465 e. The van der Waals surface area contributed by atoms with E-state index in [4.69, 9.17) is 4.42 Å². The maximum atomic E-state index is 5.69. The monoisotopic (exact) mass is 266 g/mol. The van der Waals surface area contributed by atoms with Crippen LogP contribution < -0.4 is 5.32 Å². The van der Waals surface area contributed by atoms with Gasteiger partial charge < -0.3 is 14.6 Å². The maximum absolute atomic E-state index is 5.69. The lowest BCUT2D eigenvalue weighted by Gasteiger charge is -2.19. The lowest BCUT2D eigenvalue weighted by atomic mass is 10.1.